The highest BCUT2D eigenvalue weighted by Crippen LogP contribution is 1.96. The third-order valence-corrected chi connectivity index (χ3v) is 1.47. The fourth-order valence-electron chi connectivity index (χ4n) is 0.813. The minimum atomic E-state index is -0.879. The fourth-order valence-corrected chi connectivity index (χ4v) is 0.813. The van der Waals surface area contributed by atoms with Crippen LogP contribution in [0.25, 0.3) is 0 Å². The Hall–Kier alpha value is -2.30. The molecule has 5 heteroatoms. The summed E-state index contributed by atoms with van der Waals surface area (Å²) in [4.78, 5) is 22.3. The summed E-state index contributed by atoms with van der Waals surface area (Å²) in [6.45, 7) is 0. The molecular formula is C10H9NO4. The van der Waals surface area contributed by atoms with Gasteiger partial charge in [0.25, 0.3) is 0 Å². The number of aromatic nitrogens is 1. The van der Waals surface area contributed by atoms with Gasteiger partial charge in [0.1, 0.15) is 6.26 Å². The third kappa shape index (κ3) is 3.95. The number of hydrogen-bond acceptors (Lipinski definition) is 3. The van der Waals surface area contributed by atoms with Gasteiger partial charge in [-0.25, -0.2) is 9.59 Å². The molecule has 0 saturated carbocycles. The second kappa shape index (κ2) is 5.43. The number of aromatic amines is 1. The molecule has 78 valence electrons. The minimum Gasteiger partial charge on any atom is -0.478 e. The molecule has 0 radical (unpaired) electrons. The molecule has 1 aromatic heterocycles. The van der Waals surface area contributed by atoms with Gasteiger partial charge in [-0.05, 0) is 12.1 Å². The van der Waals surface area contributed by atoms with Gasteiger partial charge in [-0.2, -0.15) is 0 Å². The molecule has 0 spiro atoms. The van der Waals surface area contributed by atoms with E-state index in [2.05, 4.69) is 9.40 Å². The predicted octanol–water partition coefficient (Wildman–Crippen LogP) is 1.35. The first-order chi connectivity index (χ1) is 7.20. The molecule has 1 aromatic carbocycles. The number of H-pyrrole nitrogens is 1. The highest BCUT2D eigenvalue weighted by atomic mass is 16.4. The Morgan fingerprint density at radius 2 is 1.93 bits per heavy atom. The van der Waals surface area contributed by atoms with E-state index < -0.39 is 11.7 Å². The Labute approximate surface area is 85.0 Å². The summed E-state index contributed by atoms with van der Waals surface area (Å²) in [5.74, 6) is -1.29. The molecule has 0 aliphatic heterocycles. The maximum atomic E-state index is 10.2. The quantitative estimate of drug-likeness (QED) is 0.739. The Bertz CT molecular complexity index is 441. The van der Waals surface area contributed by atoms with Gasteiger partial charge in [-0.3, -0.25) is 4.98 Å². The van der Waals surface area contributed by atoms with E-state index in [-0.39, 0.29) is 0 Å². The smallest absolute Gasteiger partial charge is 0.416 e. The second-order valence-corrected chi connectivity index (χ2v) is 2.52. The van der Waals surface area contributed by atoms with Gasteiger partial charge < -0.3 is 9.52 Å². The van der Waals surface area contributed by atoms with Crippen LogP contribution >= 0.6 is 0 Å². The Kier molecular flexibility index (Phi) is 3.91. The second-order valence-electron chi connectivity index (χ2n) is 2.52. The van der Waals surface area contributed by atoms with Crippen molar-refractivity contribution in [3.63, 3.8) is 0 Å². The van der Waals surface area contributed by atoms with Gasteiger partial charge in [0, 0.05) is 6.20 Å². The molecule has 2 rings (SSSR count). The van der Waals surface area contributed by atoms with Gasteiger partial charge >= 0.3 is 11.7 Å². The number of oxazole rings is 1. The molecule has 0 amide bonds. The average Bonchev–Trinajstić information content (AvgIpc) is 2.71. The first kappa shape index (κ1) is 10.8. The van der Waals surface area contributed by atoms with E-state index >= 15 is 0 Å². The molecular weight excluding hydrogens is 198 g/mol. The van der Waals surface area contributed by atoms with Gasteiger partial charge in [-0.1, -0.05) is 18.2 Å². The molecule has 15 heavy (non-hydrogen) atoms. The highest BCUT2D eigenvalue weighted by Gasteiger charge is 1.96. The number of carboxylic acid groups (broad SMARTS) is 1. The van der Waals surface area contributed by atoms with Crippen LogP contribution in [-0.2, 0) is 0 Å². The summed E-state index contributed by atoms with van der Waals surface area (Å²) in [5.41, 5.74) is 0.331. The number of carbonyl (C=O) groups is 1. The standard InChI is InChI=1S/C7H6O2.C3H3NO2/c8-7(9)6-4-2-1-3-5-6;5-3-4-1-2-6-3/h1-5H,(H,8,9);1-2H,(H,4,5). The molecule has 0 aliphatic carbocycles. The van der Waals surface area contributed by atoms with Gasteiger partial charge in [0.15, 0.2) is 0 Å². The molecule has 1 heterocycles. The number of aromatic carboxylic acids is 1. The molecule has 0 bridgehead atoms. The van der Waals surface area contributed by atoms with E-state index in [1.165, 1.54) is 12.5 Å². The minimum absolute atomic E-state index is 0.331. The van der Waals surface area contributed by atoms with Crippen molar-refractivity contribution in [2.24, 2.45) is 0 Å². The van der Waals surface area contributed by atoms with Crippen LogP contribution in [0.2, 0.25) is 0 Å². The van der Waals surface area contributed by atoms with Crippen molar-refractivity contribution in [3.05, 3.63) is 58.9 Å². The molecule has 5 nitrogen and oxygen atoms in total. The lowest BCUT2D eigenvalue weighted by Crippen LogP contribution is -1.93. The van der Waals surface area contributed by atoms with Crippen LogP contribution in [0.4, 0.5) is 0 Å². The lowest BCUT2D eigenvalue weighted by atomic mass is 10.2. The molecule has 0 unspecified atom stereocenters. The number of nitrogens with one attached hydrogen (secondary N) is 1. The lowest BCUT2D eigenvalue weighted by molar-refractivity contribution is 0.0697. The van der Waals surface area contributed by atoms with Gasteiger partial charge in [-0.15, -0.1) is 0 Å². The van der Waals surface area contributed by atoms with Crippen molar-refractivity contribution < 1.29 is 14.3 Å². The van der Waals surface area contributed by atoms with Crippen molar-refractivity contribution >= 4 is 5.97 Å². The topological polar surface area (TPSA) is 83.3 Å². The van der Waals surface area contributed by atoms with Crippen molar-refractivity contribution in [3.8, 4) is 0 Å². The molecule has 2 N–H and O–H groups in total. The van der Waals surface area contributed by atoms with E-state index in [0.29, 0.717) is 5.56 Å². The molecule has 0 aliphatic rings. The van der Waals surface area contributed by atoms with Crippen LogP contribution in [0.1, 0.15) is 10.4 Å². The Balaban J connectivity index is 0.000000162. The zero-order valence-electron chi connectivity index (χ0n) is 7.71. The van der Waals surface area contributed by atoms with E-state index in [1.807, 2.05) is 0 Å². The van der Waals surface area contributed by atoms with Crippen molar-refractivity contribution in [1.29, 1.82) is 0 Å². The summed E-state index contributed by atoms with van der Waals surface area (Å²) in [7, 11) is 0. The monoisotopic (exact) mass is 207 g/mol. The first-order valence-corrected chi connectivity index (χ1v) is 4.10. The summed E-state index contributed by atoms with van der Waals surface area (Å²) >= 11 is 0. The number of hydrogen-bond donors (Lipinski definition) is 2. The van der Waals surface area contributed by atoms with Crippen molar-refractivity contribution in [1.82, 2.24) is 4.98 Å². The normalized spacial score (nSPS) is 8.80. The summed E-state index contributed by atoms with van der Waals surface area (Å²) in [6, 6.07) is 8.30. The Morgan fingerprint density at radius 3 is 2.20 bits per heavy atom. The summed E-state index contributed by atoms with van der Waals surface area (Å²) in [6.07, 6.45) is 2.73. The zero-order valence-corrected chi connectivity index (χ0v) is 7.71. The fraction of sp³-hybridized carbons (Fsp3) is 0. The molecule has 0 atom stereocenters. The molecule has 2 aromatic rings. The number of benzene rings is 1. The Morgan fingerprint density at radius 1 is 1.27 bits per heavy atom. The van der Waals surface area contributed by atoms with Crippen LogP contribution in [-0.4, -0.2) is 16.1 Å². The van der Waals surface area contributed by atoms with E-state index in [9.17, 15) is 9.59 Å². The van der Waals surface area contributed by atoms with Crippen molar-refractivity contribution in [2.45, 2.75) is 0 Å². The maximum absolute atomic E-state index is 10.2. The van der Waals surface area contributed by atoms with Crippen LogP contribution in [0.15, 0.2) is 52.0 Å². The first-order valence-electron chi connectivity index (χ1n) is 4.10. The van der Waals surface area contributed by atoms with Gasteiger partial charge in [0.05, 0.1) is 5.56 Å². The summed E-state index contributed by atoms with van der Waals surface area (Å²) < 4.78 is 4.22. The average molecular weight is 207 g/mol. The van der Waals surface area contributed by atoms with Crippen molar-refractivity contribution in [2.75, 3.05) is 0 Å². The zero-order chi connectivity index (χ0) is 11.1. The van der Waals surface area contributed by atoms with Crippen LogP contribution < -0.4 is 5.76 Å². The summed E-state index contributed by atoms with van der Waals surface area (Å²) in [5, 5.41) is 8.38. The third-order valence-electron chi connectivity index (χ3n) is 1.47. The molecule has 0 fully saturated rings. The van der Waals surface area contributed by atoms with Gasteiger partial charge in [0.2, 0.25) is 0 Å². The maximum Gasteiger partial charge on any atom is 0.416 e. The highest BCUT2D eigenvalue weighted by molar-refractivity contribution is 5.87. The van der Waals surface area contributed by atoms with E-state index in [4.69, 9.17) is 5.11 Å². The predicted molar refractivity (Wildman–Crippen MR) is 52.7 cm³/mol. The lowest BCUT2D eigenvalue weighted by Gasteiger charge is -1.88. The number of carboxylic acids is 1. The molecule has 0 saturated heterocycles. The van der Waals surface area contributed by atoms with Crippen LogP contribution in [0.3, 0.4) is 0 Å². The van der Waals surface area contributed by atoms with Crippen LogP contribution in [0.5, 0.6) is 0 Å². The van der Waals surface area contributed by atoms with E-state index in [1.54, 1.807) is 30.3 Å². The largest absolute Gasteiger partial charge is 0.478 e. The SMILES string of the molecule is O=C(O)c1ccccc1.O=c1[nH]cco1. The number of rotatable bonds is 1. The van der Waals surface area contributed by atoms with E-state index in [0.717, 1.165) is 0 Å². The van der Waals surface area contributed by atoms with Crippen LogP contribution in [0, 0.1) is 0 Å².